The van der Waals surface area contributed by atoms with Gasteiger partial charge in [-0.1, -0.05) is 65.1 Å². The third-order valence-electron chi connectivity index (χ3n) is 7.76. The quantitative estimate of drug-likeness (QED) is 0.125. The largest absolute Gasteiger partial charge is 0.465 e. The van der Waals surface area contributed by atoms with Crippen molar-refractivity contribution in [3.8, 4) is 22.8 Å². The number of halogens is 3. The zero-order valence-corrected chi connectivity index (χ0v) is 31.5. The molecule has 0 aliphatic carbocycles. The summed E-state index contributed by atoms with van der Waals surface area (Å²) in [7, 11) is 2.71. The number of rotatable bonds is 7. The van der Waals surface area contributed by atoms with Gasteiger partial charge in [0.25, 0.3) is 0 Å². The maximum atomic E-state index is 11.7. The minimum Gasteiger partial charge on any atom is -0.465 e. The fourth-order valence-electron chi connectivity index (χ4n) is 5.09. The molecule has 0 radical (unpaired) electrons. The Hall–Kier alpha value is -4.65. The highest BCUT2D eigenvalue weighted by Gasteiger charge is 2.15. The van der Waals surface area contributed by atoms with E-state index in [1.54, 1.807) is 53.8 Å². The van der Waals surface area contributed by atoms with E-state index in [2.05, 4.69) is 25.4 Å². The summed E-state index contributed by atoms with van der Waals surface area (Å²) in [6.45, 7) is 4.56. The summed E-state index contributed by atoms with van der Waals surface area (Å²) < 4.78 is 9.43. The first kappa shape index (κ1) is 36.2. The maximum absolute atomic E-state index is 11.7. The molecule has 0 spiro atoms. The molecule has 7 aromatic rings. The molecule has 0 amide bonds. The van der Waals surface area contributed by atoms with Crippen molar-refractivity contribution in [1.29, 1.82) is 0 Å². The Morgan fingerprint density at radius 3 is 1.71 bits per heavy atom. The standard InChI is InChI=1S/C22H17Cl2N3O2S.C15H11ClN2O2S/c1-12-11-30-21-18(12)20(25-10-13-3-8-16(23)17(24)9-13)26-19(27-21)14-4-6-15(7-5-14)22(28)29-2;1-8-7-21-14-11(8)12(16)17-13(18-14)9-3-5-10(6-4-9)15(19)20-2/h3-9,11H,10H2,1-2H3,(H,25,26,27);3-7H,1-2H3. The number of ether oxygens (including phenoxy) is 2. The van der Waals surface area contributed by atoms with E-state index in [1.807, 2.05) is 43.5 Å². The Labute approximate surface area is 316 Å². The van der Waals surface area contributed by atoms with Gasteiger partial charge >= 0.3 is 11.9 Å². The Balaban J connectivity index is 0.000000187. The zero-order valence-electron chi connectivity index (χ0n) is 27.6. The van der Waals surface area contributed by atoms with Crippen molar-refractivity contribution in [2.75, 3.05) is 19.5 Å². The van der Waals surface area contributed by atoms with Crippen LogP contribution >= 0.6 is 57.5 Å². The molecular weight excluding hydrogens is 749 g/mol. The Morgan fingerprint density at radius 1 is 0.667 bits per heavy atom. The average molecular weight is 777 g/mol. The molecule has 7 rings (SSSR count). The van der Waals surface area contributed by atoms with E-state index in [1.165, 1.54) is 25.6 Å². The van der Waals surface area contributed by atoms with Crippen molar-refractivity contribution in [3.63, 3.8) is 0 Å². The van der Waals surface area contributed by atoms with Gasteiger partial charge in [0.2, 0.25) is 0 Å². The number of nitrogens with zero attached hydrogens (tertiary/aromatic N) is 4. The number of anilines is 1. The fourth-order valence-corrected chi connectivity index (χ4v) is 7.62. The number of benzene rings is 3. The Kier molecular flexibility index (Phi) is 11.1. The van der Waals surface area contributed by atoms with Crippen molar-refractivity contribution in [3.05, 3.63) is 121 Å². The van der Waals surface area contributed by atoms with E-state index in [0.29, 0.717) is 44.5 Å². The average Bonchev–Trinajstić information content (AvgIpc) is 3.73. The molecule has 0 atom stereocenters. The highest BCUT2D eigenvalue weighted by molar-refractivity contribution is 7.17. The molecule has 0 bridgehead atoms. The first-order valence-corrected chi connectivity index (χ1v) is 18.2. The van der Waals surface area contributed by atoms with Crippen LogP contribution < -0.4 is 5.32 Å². The molecule has 1 N–H and O–H groups in total. The van der Waals surface area contributed by atoms with Crippen molar-refractivity contribution in [1.82, 2.24) is 19.9 Å². The molecular formula is C37H28Cl3N5O4S2. The number of methoxy groups -OCH3 is 2. The van der Waals surface area contributed by atoms with Gasteiger partial charge in [-0.3, -0.25) is 0 Å². The summed E-state index contributed by atoms with van der Waals surface area (Å²) in [5.74, 6) is 1.13. The van der Waals surface area contributed by atoms with E-state index in [0.717, 1.165) is 54.1 Å². The molecule has 0 fully saturated rings. The van der Waals surface area contributed by atoms with Crippen LogP contribution in [0.3, 0.4) is 0 Å². The summed E-state index contributed by atoms with van der Waals surface area (Å²) in [5.41, 5.74) is 5.76. The second kappa shape index (κ2) is 15.7. The SMILES string of the molecule is COC(=O)c1ccc(-c2nc(Cl)c3c(C)csc3n2)cc1.COC(=O)c1ccc(-c2nc(NCc3ccc(Cl)c(Cl)c3)c3c(C)csc3n2)cc1. The molecule has 258 valence electrons. The van der Waals surface area contributed by atoms with Crippen molar-refractivity contribution in [2.45, 2.75) is 20.4 Å². The summed E-state index contributed by atoms with van der Waals surface area (Å²) in [5, 5.41) is 10.9. The van der Waals surface area contributed by atoms with Crippen LogP contribution in [-0.4, -0.2) is 46.1 Å². The number of aryl methyl sites for hydroxylation is 2. The predicted octanol–water partition coefficient (Wildman–Crippen LogP) is 10.5. The zero-order chi connectivity index (χ0) is 36.2. The van der Waals surface area contributed by atoms with Crippen LogP contribution in [0.15, 0.2) is 77.5 Å². The number of thiophene rings is 2. The molecule has 3 aromatic carbocycles. The molecule has 51 heavy (non-hydrogen) atoms. The number of carbonyl (C=O) groups is 2. The molecule has 4 aromatic heterocycles. The van der Waals surface area contributed by atoms with Gasteiger partial charge in [-0.15, -0.1) is 22.7 Å². The summed E-state index contributed by atoms with van der Waals surface area (Å²) in [6, 6.07) is 19.5. The lowest BCUT2D eigenvalue weighted by Crippen LogP contribution is -2.04. The third-order valence-corrected chi connectivity index (χ3v) is 10.8. The van der Waals surface area contributed by atoms with Gasteiger partial charge in [0.15, 0.2) is 11.6 Å². The van der Waals surface area contributed by atoms with E-state index in [-0.39, 0.29) is 11.9 Å². The third kappa shape index (κ3) is 7.98. The van der Waals surface area contributed by atoms with E-state index >= 15 is 0 Å². The van der Waals surface area contributed by atoms with Crippen LogP contribution in [0.1, 0.15) is 37.4 Å². The number of esters is 2. The van der Waals surface area contributed by atoms with Crippen LogP contribution in [0.2, 0.25) is 15.2 Å². The second-order valence-electron chi connectivity index (χ2n) is 11.2. The van der Waals surface area contributed by atoms with Gasteiger partial charge in [0.1, 0.15) is 20.6 Å². The number of hydrogen-bond acceptors (Lipinski definition) is 11. The van der Waals surface area contributed by atoms with Gasteiger partial charge < -0.3 is 14.8 Å². The Bertz CT molecular complexity index is 2400. The Morgan fingerprint density at radius 2 is 1.18 bits per heavy atom. The van der Waals surface area contributed by atoms with Gasteiger partial charge in [0.05, 0.1) is 46.2 Å². The topological polar surface area (TPSA) is 116 Å². The van der Waals surface area contributed by atoms with Crippen molar-refractivity contribution >= 4 is 95.7 Å². The van der Waals surface area contributed by atoms with Crippen LogP contribution in [0.4, 0.5) is 5.82 Å². The van der Waals surface area contributed by atoms with E-state index in [9.17, 15) is 9.59 Å². The first-order chi connectivity index (χ1) is 24.6. The summed E-state index contributed by atoms with van der Waals surface area (Å²) >= 11 is 21.5. The van der Waals surface area contributed by atoms with Gasteiger partial charge in [-0.05, 0) is 77.7 Å². The molecule has 4 heterocycles. The van der Waals surface area contributed by atoms with Crippen LogP contribution in [-0.2, 0) is 16.0 Å². The summed E-state index contributed by atoms with van der Waals surface area (Å²) in [6.07, 6.45) is 0. The molecule has 14 heteroatoms. The molecule has 0 unspecified atom stereocenters. The molecule has 0 saturated heterocycles. The highest BCUT2D eigenvalue weighted by Crippen LogP contribution is 2.33. The molecule has 0 aliphatic heterocycles. The first-order valence-electron chi connectivity index (χ1n) is 15.3. The monoisotopic (exact) mass is 775 g/mol. The highest BCUT2D eigenvalue weighted by atomic mass is 35.5. The molecule has 0 saturated carbocycles. The minimum absolute atomic E-state index is 0.371. The predicted molar refractivity (Wildman–Crippen MR) is 207 cm³/mol. The smallest absolute Gasteiger partial charge is 0.337 e. The molecule has 0 aliphatic rings. The van der Waals surface area contributed by atoms with Gasteiger partial charge in [0, 0.05) is 17.7 Å². The fraction of sp³-hybridized carbons (Fsp3) is 0.135. The van der Waals surface area contributed by atoms with E-state index in [4.69, 9.17) is 49.5 Å². The molecule has 9 nitrogen and oxygen atoms in total. The van der Waals surface area contributed by atoms with Gasteiger partial charge in [-0.25, -0.2) is 29.5 Å². The number of aromatic nitrogens is 4. The minimum atomic E-state index is -0.379. The van der Waals surface area contributed by atoms with Crippen LogP contribution in [0.25, 0.3) is 43.2 Å². The number of fused-ring (bicyclic) bond motifs is 2. The van der Waals surface area contributed by atoms with Crippen LogP contribution in [0, 0.1) is 13.8 Å². The number of hydrogen-bond donors (Lipinski definition) is 1. The van der Waals surface area contributed by atoms with Crippen LogP contribution in [0.5, 0.6) is 0 Å². The van der Waals surface area contributed by atoms with E-state index < -0.39 is 0 Å². The number of carbonyl (C=O) groups excluding carboxylic acids is 2. The lowest BCUT2D eigenvalue weighted by molar-refractivity contribution is 0.0592. The second-order valence-corrected chi connectivity index (χ2v) is 14.1. The lowest BCUT2D eigenvalue weighted by atomic mass is 10.1. The van der Waals surface area contributed by atoms with Crippen molar-refractivity contribution < 1.29 is 19.1 Å². The van der Waals surface area contributed by atoms with Crippen molar-refractivity contribution in [2.24, 2.45) is 0 Å². The normalized spacial score (nSPS) is 10.9. The maximum Gasteiger partial charge on any atom is 0.337 e. The summed E-state index contributed by atoms with van der Waals surface area (Å²) in [4.78, 5) is 43.2. The van der Waals surface area contributed by atoms with Gasteiger partial charge in [-0.2, -0.15) is 0 Å². The number of nitrogens with one attached hydrogen (secondary N) is 1. The lowest BCUT2D eigenvalue weighted by Gasteiger charge is -2.11.